The SMILES string of the molecule is CC1CC2C(CCC3(C)C2[C@@H](C)CC32CCC(=O)O2)C2CCC(=[NH2+])C=C12. The van der Waals surface area contributed by atoms with Crippen LogP contribution in [0.2, 0.25) is 0 Å². The molecule has 0 aromatic rings. The topological polar surface area (TPSA) is 51.9 Å². The summed E-state index contributed by atoms with van der Waals surface area (Å²) in [5, 5.41) is 6.18. The zero-order valence-corrected chi connectivity index (χ0v) is 16.6. The van der Waals surface area contributed by atoms with Crippen LogP contribution >= 0.6 is 0 Å². The lowest BCUT2D eigenvalue weighted by atomic mass is 9.48. The van der Waals surface area contributed by atoms with Gasteiger partial charge in [-0.05, 0) is 74.0 Å². The molecule has 1 aliphatic heterocycles. The highest BCUT2D eigenvalue weighted by Gasteiger charge is 2.68. The highest BCUT2D eigenvalue weighted by Crippen LogP contribution is 2.69. The van der Waals surface area contributed by atoms with E-state index in [1.165, 1.54) is 25.7 Å². The summed E-state index contributed by atoms with van der Waals surface area (Å²) < 4.78 is 6.11. The van der Waals surface area contributed by atoms with E-state index in [1.54, 1.807) is 5.57 Å². The van der Waals surface area contributed by atoms with Gasteiger partial charge in [-0.1, -0.05) is 26.3 Å². The number of esters is 1. The fraction of sp³-hybridized carbons (Fsp3) is 0.826. The zero-order valence-electron chi connectivity index (χ0n) is 16.6. The highest BCUT2D eigenvalue weighted by molar-refractivity contribution is 5.91. The smallest absolute Gasteiger partial charge is 0.306 e. The molecule has 0 radical (unpaired) electrons. The predicted octanol–water partition coefficient (Wildman–Crippen LogP) is 3.33. The maximum Gasteiger partial charge on any atom is 0.306 e. The number of fused-ring (bicyclic) bond motifs is 6. The minimum Gasteiger partial charge on any atom is -0.458 e. The first-order valence-corrected chi connectivity index (χ1v) is 10.9. The van der Waals surface area contributed by atoms with Crippen LogP contribution < -0.4 is 5.41 Å². The number of hydrogen-bond donors (Lipinski definition) is 1. The lowest BCUT2D eigenvalue weighted by Crippen LogP contribution is -2.54. The molecular weight excluding hydrogens is 322 g/mol. The third-order valence-electron chi connectivity index (χ3n) is 9.33. The first-order valence-electron chi connectivity index (χ1n) is 10.9. The lowest BCUT2D eigenvalue weighted by Gasteiger charge is -2.57. The Kier molecular flexibility index (Phi) is 3.57. The molecule has 26 heavy (non-hydrogen) atoms. The largest absolute Gasteiger partial charge is 0.458 e. The van der Waals surface area contributed by atoms with E-state index >= 15 is 0 Å². The Labute approximate surface area is 157 Å². The summed E-state index contributed by atoms with van der Waals surface area (Å²) in [7, 11) is 0. The molecule has 1 heterocycles. The van der Waals surface area contributed by atoms with Gasteiger partial charge in [0.1, 0.15) is 5.60 Å². The van der Waals surface area contributed by atoms with Crippen molar-refractivity contribution in [2.45, 2.75) is 77.7 Å². The first-order chi connectivity index (χ1) is 12.3. The van der Waals surface area contributed by atoms with Crippen molar-refractivity contribution in [3.05, 3.63) is 11.6 Å². The van der Waals surface area contributed by atoms with Crippen molar-refractivity contribution in [1.82, 2.24) is 0 Å². The molecule has 2 N–H and O–H groups in total. The number of nitrogens with two attached hydrogens (primary N) is 1. The Morgan fingerprint density at radius 1 is 1.15 bits per heavy atom. The fourth-order valence-corrected chi connectivity index (χ4v) is 8.43. The van der Waals surface area contributed by atoms with Crippen molar-refractivity contribution in [1.29, 1.82) is 0 Å². The van der Waals surface area contributed by atoms with Crippen molar-refractivity contribution < 1.29 is 14.9 Å². The van der Waals surface area contributed by atoms with E-state index in [2.05, 4.69) is 26.8 Å². The van der Waals surface area contributed by atoms with Gasteiger partial charge in [0.15, 0.2) is 5.71 Å². The Bertz CT molecular complexity index is 696. The maximum absolute atomic E-state index is 12.0. The normalized spacial score (nSPS) is 53.0. The minimum atomic E-state index is -0.163. The second kappa shape index (κ2) is 5.45. The molecule has 0 aromatic carbocycles. The molecule has 8 atom stereocenters. The molecule has 1 saturated heterocycles. The van der Waals surface area contributed by atoms with Crippen molar-refractivity contribution in [2.75, 3.05) is 0 Å². The Morgan fingerprint density at radius 3 is 2.69 bits per heavy atom. The van der Waals surface area contributed by atoms with E-state index in [4.69, 9.17) is 10.1 Å². The number of carbonyl (C=O) groups excluding carboxylic acids is 1. The average Bonchev–Trinajstić information content (AvgIpc) is 3.06. The van der Waals surface area contributed by atoms with Gasteiger partial charge in [0, 0.05) is 24.3 Å². The van der Waals surface area contributed by atoms with Crippen LogP contribution in [0.5, 0.6) is 0 Å². The number of rotatable bonds is 0. The van der Waals surface area contributed by atoms with Crippen LogP contribution in [0.3, 0.4) is 0 Å². The number of hydrogen-bond acceptors (Lipinski definition) is 2. The molecule has 5 rings (SSSR count). The quantitative estimate of drug-likeness (QED) is 0.677. The summed E-state index contributed by atoms with van der Waals surface area (Å²) in [5.41, 5.74) is 2.75. The van der Waals surface area contributed by atoms with Gasteiger partial charge in [-0.15, -0.1) is 0 Å². The van der Waals surface area contributed by atoms with E-state index in [9.17, 15) is 4.79 Å². The van der Waals surface area contributed by atoms with Crippen LogP contribution in [-0.2, 0) is 9.53 Å². The van der Waals surface area contributed by atoms with Crippen LogP contribution in [0.15, 0.2) is 11.6 Å². The molecule has 4 aliphatic carbocycles. The number of ether oxygens (including phenoxy) is 1. The van der Waals surface area contributed by atoms with Gasteiger partial charge in [0.2, 0.25) is 0 Å². The third kappa shape index (κ3) is 2.06. The van der Waals surface area contributed by atoms with Crippen molar-refractivity contribution in [3.63, 3.8) is 0 Å². The van der Waals surface area contributed by atoms with Crippen LogP contribution in [-0.4, -0.2) is 17.3 Å². The second-order valence-corrected chi connectivity index (χ2v) is 10.5. The molecule has 142 valence electrons. The summed E-state index contributed by atoms with van der Waals surface area (Å²) in [5.74, 6) is 4.42. The Balaban J connectivity index is 1.52. The Morgan fingerprint density at radius 2 is 1.96 bits per heavy atom. The van der Waals surface area contributed by atoms with Gasteiger partial charge in [0.05, 0.1) is 0 Å². The second-order valence-electron chi connectivity index (χ2n) is 10.5. The summed E-state index contributed by atoms with van der Waals surface area (Å²) in [6, 6.07) is 0. The first kappa shape index (κ1) is 17.0. The maximum atomic E-state index is 12.0. The van der Waals surface area contributed by atoms with Gasteiger partial charge >= 0.3 is 5.97 Å². The highest BCUT2D eigenvalue weighted by atomic mass is 16.6. The van der Waals surface area contributed by atoms with Crippen molar-refractivity contribution in [2.24, 2.45) is 40.9 Å². The molecule has 5 aliphatic rings. The third-order valence-corrected chi connectivity index (χ3v) is 9.33. The molecule has 0 amide bonds. The summed E-state index contributed by atoms with van der Waals surface area (Å²) in [6.45, 7) is 7.33. The van der Waals surface area contributed by atoms with E-state index in [0.29, 0.717) is 24.2 Å². The summed E-state index contributed by atoms with van der Waals surface area (Å²) >= 11 is 0. The molecule has 3 saturated carbocycles. The average molecular weight is 357 g/mol. The molecule has 0 bridgehead atoms. The zero-order chi connectivity index (χ0) is 18.3. The van der Waals surface area contributed by atoms with Gasteiger partial charge in [-0.2, -0.15) is 0 Å². The molecular formula is C23H34NO2+. The molecule has 1 spiro atoms. The summed E-state index contributed by atoms with van der Waals surface area (Å²) in [4.78, 5) is 12.0. The standard InChI is InChI=1S/C23H33NO2/c1-13-10-19-17(16-5-4-15(24)11-18(13)16)6-8-22(3)21(19)14(2)12-23(22)9-7-20(25)26-23/h11,13-14,16-17,19,21,24H,4-10,12H2,1-3H3/p+1/t13?,14-,16?,17?,19?,21?,22?,23?/m0/s1. The summed E-state index contributed by atoms with van der Waals surface area (Å²) in [6.07, 6.45) is 11.2. The van der Waals surface area contributed by atoms with Crippen LogP contribution in [0.25, 0.3) is 0 Å². The van der Waals surface area contributed by atoms with Crippen molar-refractivity contribution >= 4 is 11.7 Å². The van der Waals surface area contributed by atoms with Gasteiger partial charge in [-0.25, -0.2) is 0 Å². The number of carbonyl (C=O) groups is 1. The predicted molar refractivity (Wildman–Crippen MR) is 101 cm³/mol. The lowest BCUT2D eigenvalue weighted by molar-refractivity contribution is -0.166. The fourth-order valence-electron chi connectivity index (χ4n) is 8.43. The molecule has 3 nitrogen and oxygen atoms in total. The molecule has 0 aromatic heterocycles. The van der Waals surface area contributed by atoms with E-state index in [0.717, 1.165) is 42.7 Å². The van der Waals surface area contributed by atoms with E-state index in [1.807, 2.05) is 0 Å². The van der Waals surface area contributed by atoms with Crippen LogP contribution in [0.1, 0.15) is 72.1 Å². The molecule has 7 unspecified atom stereocenters. The van der Waals surface area contributed by atoms with Gasteiger partial charge in [0.25, 0.3) is 0 Å². The van der Waals surface area contributed by atoms with Crippen LogP contribution in [0.4, 0.5) is 0 Å². The van der Waals surface area contributed by atoms with E-state index in [-0.39, 0.29) is 17.0 Å². The Hall–Kier alpha value is -1.12. The van der Waals surface area contributed by atoms with E-state index < -0.39 is 0 Å². The number of allylic oxidation sites excluding steroid dienone is 2. The van der Waals surface area contributed by atoms with Gasteiger partial charge < -0.3 is 4.74 Å². The van der Waals surface area contributed by atoms with Crippen LogP contribution in [0, 0.1) is 40.9 Å². The van der Waals surface area contributed by atoms with Crippen molar-refractivity contribution in [3.8, 4) is 0 Å². The molecule has 4 fully saturated rings. The molecule has 3 heteroatoms. The minimum absolute atomic E-state index is 0.0433. The van der Waals surface area contributed by atoms with Gasteiger partial charge in [-0.3, -0.25) is 10.2 Å². The monoisotopic (exact) mass is 356 g/mol.